The van der Waals surface area contributed by atoms with Crippen LogP contribution in [0.25, 0.3) is 0 Å². The molecule has 186 valence electrons. The highest BCUT2D eigenvalue weighted by Crippen LogP contribution is 2.53. The Bertz CT molecular complexity index is 878. The number of hydrogen-bond donors (Lipinski definition) is 0. The van der Waals surface area contributed by atoms with Crippen LogP contribution in [0.2, 0.25) is 0 Å². The molecule has 0 aromatic heterocycles. The molecule has 0 bridgehead atoms. The number of methoxy groups -OCH3 is 2. The molecule has 2 aliphatic heterocycles. The number of rotatable bonds is 6. The summed E-state index contributed by atoms with van der Waals surface area (Å²) >= 11 is 0. The highest BCUT2D eigenvalue weighted by molar-refractivity contribution is 8.29. The van der Waals surface area contributed by atoms with Crippen LogP contribution in [0.1, 0.15) is 64.6 Å². The third-order valence-electron chi connectivity index (χ3n) is 7.59. The second-order valence-corrected chi connectivity index (χ2v) is 15.3. The molecular weight excluding hydrogens is 430 g/mol. The van der Waals surface area contributed by atoms with Crippen molar-refractivity contribution in [2.24, 2.45) is 17.8 Å². The maximum absolute atomic E-state index is 6.29. The molecule has 0 N–H and O–H groups in total. The van der Waals surface area contributed by atoms with Crippen LogP contribution in [-0.2, 0) is 10.6 Å². The van der Waals surface area contributed by atoms with Gasteiger partial charge in [-0.1, -0.05) is 46.5 Å². The van der Waals surface area contributed by atoms with Gasteiger partial charge in [-0.25, -0.2) is 0 Å². The third-order valence-corrected chi connectivity index (χ3v) is 11.2. The molecule has 2 aliphatic rings. The molecule has 3 rings (SSSR count). The summed E-state index contributed by atoms with van der Waals surface area (Å²) in [7, 11) is 2.29. The molecule has 1 fully saturated rings. The summed E-state index contributed by atoms with van der Waals surface area (Å²) in [4.78, 5) is 2.68. The lowest BCUT2D eigenvalue weighted by Gasteiger charge is -2.46. The van der Waals surface area contributed by atoms with Crippen molar-refractivity contribution in [1.29, 1.82) is 0 Å². The molecule has 33 heavy (non-hydrogen) atoms. The van der Waals surface area contributed by atoms with E-state index in [9.17, 15) is 0 Å². The molecule has 5 heteroatoms. The molecule has 0 radical (unpaired) electrons. The zero-order valence-electron chi connectivity index (χ0n) is 22.3. The Labute approximate surface area is 204 Å². The first-order chi connectivity index (χ1) is 15.5. The fourth-order valence-corrected chi connectivity index (χ4v) is 5.69. The summed E-state index contributed by atoms with van der Waals surface area (Å²) in [6.07, 6.45) is 7.85. The minimum absolute atomic E-state index is 0.159. The highest BCUT2D eigenvalue weighted by atomic mass is 32.3. The zero-order valence-corrected chi connectivity index (χ0v) is 23.1. The van der Waals surface area contributed by atoms with Crippen molar-refractivity contribution in [1.82, 2.24) is 4.90 Å². The average Bonchev–Trinajstić information content (AvgIpc) is 2.74. The third kappa shape index (κ3) is 6.02. The van der Waals surface area contributed by atoms with E-state index in [2.05, 4.69) is 76.0 Å². The fourth-order valence-electron chi connectivity index (χ4n) is 4.98. The molecule has 0 aliphatic carbocycles. The van der Waals surface area contributed by atoms with Crippen molar-refractivity contribution in [3.63, 3.8) is 0 Å². The molecular formula is C28H45NO3S. The van der Waals surface area contributed by atoms with E-state index in [0.29, 0.717) is 30.4 Å². The quantitative estimate of drug-likeness (QED) is 0.466. The van der Waals surface area contributed by atoms with Crippen LogP contribution in [0.3, 0.4) is 0 Å². The van der Waals surface area contributed by atoms with Crippen molar-refractivity contribution in [3.8, 4) is 23.3 Å². The van der Waals surface area contributed by atoms with Crippen LogP contribution in [-0.4, -0.2) is 56.1 Å². The predicted molar refractivity (Wildman–Crippen MR) is 142 cm³/mol. The smallest absolute Gasteiger partial charge is 0.161 e. The normalized spacial score (nSPS) is 23.9. The van der Waals surface area contributed by atoms with Gasteiger partial charge in [0, 0.05) is 29.8 Å². The number of piperidine rings is 1. The summed E-state index contributed by atoms with van der Waals surface area (Å²) in [5, 5.41) is 0. The Hall–Kier alpha value is -1.35. The summed E-state index contributed by atoms with van der Waals surface area (Å²) < 4.78 is 17.6. The lowest BCUT2D eigenvalue weighted by molar-refractivity contribution is 0.0648. The minimum Gasteiger partial charge on any atom is -0.493 e. The van der Waals surface area contributed by atoms with Crippen molar-refractivity contribution in [2.45, 2.75) is 64.7 Å². The molecule has 0 amide bonds. The average molecular weight is 476 g/mol. The number of hydrogen-bond acceptors (Lipinski definition) is 4. The molecule has 1 aromatic carbocycles. The van der Waals surface area contributed by atoms with Crippen LogP contribution in [0.4, 0.5) is 0 Å². The molecule has 3 atom stereocenters. The van der Waals surface area contributed by atoms with Gasteiger partial charge >= 0.3 is 0 Å². The van der Waals surface area contributed by atoms with E-state index < -0.39 is 10.3 Å². The van der Waals surface area contributed by atoms with Crippen LogP contribution in [0.5, 0.6) is 11.5 Å². The van der Waals surface area contributed by atoms with Crippen LogP contribution in [0.15, 0.2) is 12.1 Å². The Morgan fingerprint density at radius 1 is 1.12 bits per heavy atom. The van der Waals surface area contributed by atoms with Crippen LogP contribution in [0, 0.1) is 29.6 Å². The van der Waals surface area contributed by atoms with Crippen molar-refractivity contribution < 1.29 is 13.7 Å². The number of fused-ring (bicyclic) bond motifs is 3. The van der Waals surface area contributed by atoms with Crippen molar-refractivity contribution >= 4 is 10.3 Å². The lowest BCUT2D eigenvalue weighted by atomic mass is 9.74. The first-order valence-corrected chi connectivity index (χ1v) is 14.7. The molecule has 0 unspecified atom stereocenters. The van der Waals surface area contributed by atoms with Crippen LogP contribution >= 0.6 is 10.3 Å². The van der Waals surface area contributed by atoms with Gasteiger partial charge in [-0.15, -0.1) is 10.3 Å². The van der Waals surface area contributed by atoms with E-state index >= 15 is 0 Å². The summed E-state index contributed by atoms with van der Waals surface area (Å²) in [6.45, 7) is 14.2. The number of nitrogens with zero attached hydrogens (tertiary/aromatic N) is 1. The minimum atomic E-state index is -1.14. The van der Waals surface area contributed by atoms with Gasteiger partial charge in [0.1, 0.15) is 6.61 Å². The monoisotopic (exact) mass is 475 g/mol. The summed E-state index contributed by atoms with van der Waals surface area (Å²) in [5.41, 5.74) is 2.78. The van der Waals surface area contributed by atoms with Gasteiger partial charge in [-0.2, -0.15) is 0 Å². The number of benzene rings is 1. The Morgan fingerprint density at radius 3 is 2.39 bits per heavy atom. The van der Waals surface area contributed by atoms with Gasteiger partial charge in [0.15, 0.2) is 11.5 Å². The van der Waals surface area contributed by atoms with Crippen molar-refractivity contribution in [2.75, 3.05) is 46.4 Å². The van der Waals surface area contributed by atoms with E-state index in [1.807, 2.05) is 0 Å². The Kier molecular flexibility index (Phi) is 8.36. The first-order valence-electron chi connectivity index (χ1n) is 12.3. The van der Waals surface area contributed by atoms with Crippen molar-refractivity contribution in [3.05, 3.63) is 23.3 Å². The summed E-state index contributed by atoms with van der Waals surface area (Å²) in [5.74, 6) is 10.4. The molecule has 2 heterocycles. The molecule has 4 nitrogen and oxygen atoms in total. The van der Waals surface area contributed by atoms with Gasteiger partial charge < -0.3 is 13.7 Å². The van der Waals surface area contributed by atoms with E-state index in [1.165, 1.54) is 17.5 Å². The Balaban J connectivity index is 1.82. The maximum atomic E-state index is 6.29. The van der Waals surface area contributed by atoms with E-state index in [1.54, 1.807) is 14.2 Å². The van der Waals surface area contributed by atoms with E-state index in [-0.39, 0.29) is 4.75 Å². The second-order valence-electron chi connectivity index (χ2n) is 11.3. The SMILES string of the molecule is COc1cc2c(cc1OC)[C@H]1C[C@H](C#CCOS(C)(C)C(C)(C)C)[C@H](CC(C)C)CN1CC2. The standard InChI is InChI=1S/C28H45NO3S/c1-20(2)15-23-19-29-13-12-22-17-26(30-6)27(31-7)18-24(22)25(29)16-21(23)11-10-14-32-33(8,9)28(3,4)5/h17-18,20-21,23,25H,12-16,19H2,1-9H3/t21-,23+,25+/m0/s1. The van der Waals surface area contributed by atoms with E-state index in [4.69, 9.17) is 13.7 Å². The Morgan fingerprint density at radius 2 is 1.79 bits per heavy atom. The zero-order chi connectivity index (χ0) is 24.4. The first kappa shape index (κ1) is 26.3. The maximum Gasteiger partial charge on any atom is 0.161 e. The lowest BCUT2D eigenvalue weighted by Crippen LogP contribution is -2.46. The molecule has 0 saturated carbocycles. The fraction of sp³-hybridized carbons (Fsp3) is 0.714. The van der Waals surface area contributed by atoms with Gasteiger partial charge in [-0.05, 0) is 66.9 Å². The van der Waals surface area contributed by atoms with Gasteiger partial charge in [-0.3, -0.25) is 4.90 Å². The number of ether oxygens (including phenoxy) is 2. The molecule has 1 saturated heterocycles. The van der Waals surface area contributed by atoms with Gasteiger partial charge in [0.05, 0.1) is 14.2 Å². The largest absolute Gasteiger partial charge is 0.493 e. The highest BCUT2D eigenvalue weighted by Gasteiger charge is 2.39. The molecule has 1 aromatic rings. The van der Waals surface area contributed by atoms with Crippen LogP contribution < -0.4 is 9.47 Å². The topological polar surface area (TPSA) is 30.9 Å². The van der Waals surface area contributed by atoms with E-state index in [0.717, 1.165) is 37.4 Å². The van der Waals surface area contributed by atoms with Gasteiger partial charge in [0.2, 0.25) is 0 Å². The molecule has 0 spiro atoms. The predicted octanol–water partition coefficient (Wildman–Crippen LogP) is 6.08. The summed E-state index contributed by atoms with van der Waals surface area (Å²) in [6, 6.07) is 4.78. The van der Waals surface area contributed by atoms with Gasteiger partial charge in [0.25, 0.3) is 0 Å². The second kappa shape index (κ2) is 10.5.